The molecule has 0 N–H and O–H groups in total. The van der Waals surface area contributed by atoms with Crippen molar-refractivity contribution in [2.24, 2.45) is 0 Å². The third-order valence-corrected chi connectivity index (χ3v) is 6.03. The molecule has 1 aromatic heterocycles. The molecule has 144 valence electrons. The van der Waals surface area contributed by atoms with Crippen molar-refractivity contribution >= 4 is 33.3 Å². The van der Waals surface area contributed by atoms with Crippen LogP contribution in [0.1, 0.15) is 15.9 Å². The van der Waals surface area contributed by atoms with Crippen LogP contribution >= 0.6 is 11.6 Å². The number of aromatic nitrogens is 1. The SMILES string of the molecule is COC(=O)c1cccc(S(=O)(=O)N(Cc2cccnc2)c2ccc(Cl)cc2)c1. The highest BCUT2D eigenvalue weighted by Gasteiger charge is 2.26. The summed E-state index contributed by atoms with van der Waals surface area (Å²) in [5, 5.41) is 0.496. The number of anilines is 1. The van der Waals surface area contributed by atoms with Crippen molar-refractivity contribution in [3.63, 3.8) is 0 Å². The van der Waals surface area contributed by atoms with Gasteiger partial charge < -0.3 is 4.74 Å². The second kappa shape index (κ2) is 8.41. The molecule has 0 fully saturated rings. The molecule has 0 saturated carbocycles. The van der Waals surface area contributed by atoms with Gasteiger partial charge in [0.2, 0.25) is 0 Å². The van der Waals surface area contributed by atoms with Crippen molar-refractivity contribution in [3.8, 4) is 0 Å². The van der Waals surface area contributed by atoms with E-state index < -0.39 is 16.0 Å². The van der Waals surface area contributed by atoms with Crippen LogP contribution in [0.4, 0.5) is 5.69 Å². The monoisotopic (exact) mass is 416 g/mol. The number of benzene rings is 2. The lowest BCUT2D eigenvalue weighted by Gasteiger charge is -2.25. The molecular formula is C20H17ClN2O4S. The Bertz CT molecular complexity index is 1070. The number of hydrogen-bond donors (Lipinski definition) is 0. The van der Waals surface area contributed by atoms with Crippen molar-refractivity contribution in [1.82, 2.24) is 4.98 Å². The van der Waals surface area contributed by atoms with Crippen LogP contribution in [0.15, 0.2) is 78.0 Å². The van der Waals surface area contributed by atoms with Gasteiger partial charge >= 0.3 is 5.97 Å². The van der Waals surface area contributed by atoms with Crippen LogP contribution < -0.4 is 4.31 Å². The average molecular weight is 417 g/mol. The second-order valence-corrected chi connectivity index (χ2v) is 8.17. The number of hydrogen-bond acceptors (Lipinski definition) is 5. The number of carbonyl (C=O) groups is 1. The molecule has 8 heteroatoms. The Labute approximate surface area is 168 Å². The molecule has 6 nitrogen and oxygen atoms in total. The number of sulfonamides is 1. The van der Waals surface area contributed by atoms with E-state index in [9.17, 15) is 13.2 Å². The van der Waals surface area contributed by atoms with Crippen molar-refractivity contribution < 1.29 is 17.9 Å². The highest BCUT2D eigenvalue weighted by molar-refractivity contribution is 7.92. The van der Waals surface area contributed by atoms with E-state index in [1.807, 2.05) is 0 Å². The standard InChI is InChI=1S/C20H17ClN2O4S/c1-27-20(24)16-5-2-6-19(12-16)28(25,26)23(14-15-4-3-11-22-13-15)18-9-7-17(21)8-10-18/h2-13H,14H2,1H3. The van der Waals surface area contributed by atoms with E-state index in [0.717, 1.165) is 0 Å². The molecule has 0 unspecified atom stereocenters. The molecule has 2 aromatic carbocycles. The summed E-state index contributed by atoms with van der Waals surface area (Å²) in [5.41, 5.74) is 1.31. The smallest absolute Gasteiger partial charge is 0.337 e. The summed E-state index contributed by atoms with van der Waals surface area (Å²) in [6.07, 6.45) is 3.22. The van der Waals surface area contributed by atoms with Gasteiger partial charge in [0.25, 0.3) is 10.0 Å². The number of esters is 1. The minimum atomic E-state index is -3.97. The lowest BCUT2D eigenvalue weighted by molar-refractivity contribution is 0.0600. The van der Waals surface area contributed by atoms with Gasteiger partial charge in [-0.2, -0.15) is 0 Å². The van der Waals surface area contributed by atoms with E-state index in [-0.39, 0.29) is 17.0 Å². The third-order valence-electron chi connectivity index (χ3n) is 4.01. The Morgan fingerprint density at radius 2 is 1.86 bits per heavy atom. The zero-order valence-electron chi connectivity index (χ0n) is 14.9. The average Bonchev–Trinajstić information content (AvgIpc) is 2.73. The van der Waals surface area contributed by atoms with Gasteiger partial charge in [0, 0.05) is 17.4 Å². The molecule has 0 saturated heterocycles. The van der Waals surface area contributed by atoms with E-state index in [4.69, 9.17) is 11.6 Å². The fourth-order valence-corrected chi connectivity index (χ4v) is 4.23. The first-order chi connectivity index (χ1) is 13.4. The molecule has 28 heavy (non-hydrogen) atoms. The fourth-order valence-electron chi connectivity index (χ4n) is 2.61. The molecule has 1 heterocycles. The summed E-state index contributed by atoms with van der Waals surface area (Å²) in [4.78, 5) is 15.8. The highest BCUT2D eigenvalue weighted by Crippen LogP contribution is 2.27. The predicted octanol–water partition coefficient (Wildman–Crippen LogP) is 3.92. The zero-order valence-corrected chi connectivity index (χ0v) is 16.5. The molecule has 3 aromatic rings. The second-order valence-electron chi connectivity index (χ2n) is 5.87. The maximum absolute atomic E-state index is 13.4. The normalized spacial score (nSPS) is 11.1. The van der Waals surface area contributed by atoms with Crippen LogP contribution in [0.2, 0.25) is 5.02 Å². The van der Waals surface area contributed by atoms with Gasteiger partial charge in [-0.15, -0.1) is 0 Å². The minimum Gasteiger partial charge on any atom is -0.465 e. The molecular weight excluding hydrogens is 400 g/mol. The molecule has 0 amide bonds. The Hall–Kier alpha value is -2.90. The summed E-state index contributed by atoms with van der Waals surface area (Å²) >= 11 is 5.95. The number of ether oxygens (including phenoxy) is 1. The molecule has 0 aliphatic heterocycles. The van der Waals surface area contributed by atoms with Crippen LogP contribution in [-0.2, 0) is 21.3 Å². The van der Waals surface area contributed by atoms with E-state index in [1.54, 1.807) is 48.8 Å². The Morgan fingerprint density at radius 3 is 2.50 bits per heavy atom. The lowest BCUT2D eigenvalue weighted by Crippen LogP contribution is -2.30. The van der Waals surface area contributed by atoms with Crippen molar-refractivity contribution in [2.75, 3.05) is 11.4 Å². The van der Waals surface area contributed by atoms with Gasteiger partial charge in [-0.05, 0) is 54.1 Å². The topological polar surface area (TPSA) is 76.6 Å². The summed E-state index contributed by atoms with van der Waals surface area (Å²) in [6, 6.07) is 15.8. The van der Waals surface area contributed by atoms with Gasteiger partial charge in [0.1, 0.15) is 0 Å². The van der Waals surface area contributed by atoms with Gasteiger partial charge in [-0.1, -0.05) is 23.7 Å². The summed E-state index contributed by atoms with van der Waals surface area (Å²) in [5.74, 6) is -0.609. The Kier molecular flexibility index (Phi) is 5.96. The van der Waals surface area contributed by atoms with Gasteiger partial charge in [0.15, 0.2) is 0 Å². The minimum absolute atomic E-state index is 0.0192. The van der Waals surface area contributed by atoms with Crippen LogP contribution in [0.3, 0.4) is 0 Å². The van der Waals surface area contributed by atoms with E-state index in [0.29, 0.717) is 16.3 Å². The third kappa shape index (κ3) is 4.32. The predicted molar refractivity (Wildman–Crippen MR) is 107 cm³/mol. The number of nitrogens with zero attached hydrogens (tertiary/aromatic N) is 2. The summed E-state index contributed by atoms with van der Waals surface area (Å²) < 4.78 is 32.7. The van der Waals surface area contributed by atoms with E-state index >= 15 is 0 Å². The quantitative estimate of drug-likeness (QED) is 0.569. The van der Waals surface area contributed by atoms with Crippen LogP contribution in [0, 0.1) is 0 Å². The van der Waals surface area contributed by atoms with Gasteiger partial charge in [-0.25, -0.2) is 13.2 Å². The molecule has 3 rings (SSSR count). The van der Waals surface area contributed by atoms with Crippen molar-refractivity contribution in [1.29, 1.82) is 0 Å². The van der Waals surface area contributed by atoms with Gasteiger partial charge in [-0.3, -0.25) is 9.29 Å². The number of halogens is 1. The number of methoxy groups -OCH3 is 1. The first-order valence-corrected chi connectivity index (χ1v) is 10.1. The molecule has 0 radical (unpaired) electrons. The molecule has 0 aliphatic carbocycles. The Balaban J connectivity index is 2.08. The van der Waals surface area contributed by atoms with Crippen molar-refractivity contribution in [2.45, 2.75) is 11.4 Å². The first-order valence-electron chi connectivity index (χ1n) is 8.27. The first kappa shape index (κ1) is 19.9. The van der Waals surface area contributed by atoms with E-state index in [1.165, 1.54) is 35.7 Å². The summed E-state index contributed by atoms with van der Waals surface area (Å²) in [7, 11) is -2.73. The van der Waals surface area contributed by atoms with Crippen LogP contribution in [0.5, 0.6) is 0 Å². The van der Waals surface area contributed by atoms with Gasteiger partial charge in [0.05, 0.1) is 29.8 Å². The van der Waals surface area contributed by atoms with Crippen LogP contribution in [-0.4, -0.2) is 26.5 Å². The number of rotatable bonds is 6. The number of pyridine rings is 1. The molecule has 0 atom stereocenters. The fraction of sp³-hybridized carbons (Fsp3) is 0.100. The molecule has 0 spiro atoms. The zero-order chi connectivity index (χ0) is 20.1. The number of carbonyl (C=O) groups excluding carboxylic acids is 1. The Morgan fingerprint density at radius 1 is 1.11 bits per heavy atom. The lowest BCUT2D eigenvalue weighted by atomic mass is 10.2. The maximum atomic E-state index is 13.4. The van der Waals surface area contributed by atoms with E-state index in [2.05, 4.69) is 9.72 Å². The summed E-state index contributed by atoms with van der Waals surface area (Å²) in [6.45, 7) is 0.0697. The molecule has 0 aliphatic rings. The largest absolute Gasteiger partial charge is 0.465 e. The van der Waals surface area contributed by atoms with Crippen LogP contribution in [0.25, 0.3) is 0 Å². The maximum Gasteiger partial charge on any atom is 0.337 e. The highest BCUT2D eigenvalue weighted by atomic mass is 35.5. The van der Waals surface area contributed by atoms with Crippen molar-refractivity contribution in [3.05, 3.63) is 89.2 Å². The molecule has 0 bridgehead atoms.